The van der Waals surface area contributed by atoms with Crippen molar-refractivity contribution >= 4 is 17.6 Å². The topological polar surface area (TPSA) is 104 Å². The van der Waals surface area contributed by atoms with Gasteiger partial charge < -0.3 is 19.2 Å². The normalized spacial score (nSPS) is 16.5. The zero-order valence-electron chi connectivity index (χ0n) is 12.4. The van der Waals surface area contributed by atoms with Gasteiger partial charge in [-0.1, -0.05) is 12.1 Å². The average Bonchev–Trinajstić information content (AvgIpc) is 2.99. The molecule has 2 heterocycles. The number of rotatable bonds is 3. The number of aromatic nitrogens is 2. The van der Waals surface area contributed by atoms with E-state index in [-0.39, 0.29) is 5.57 Å². The molecule has 0 radical (unpaired) electrons. The summed E-state index contributed by atoms with van der Waals surface area (Å²) in [6.07, 6.45) is 2.44. The predicted octanol–water partition coefficient (Wildman–Crippen LogP) is 1.87. The molecule has 118 valence electrons. The molecule has 0 aliphatic carbocycles. The van der Waals surface area contributed by atoms with Gasteiger partial charge in [0, 0.05) is 20.0 Å². The Morgan fingerprint density at radius 3 is 2.48 bits per heavy atom. The summed E-state index contributed by atoms with van der Waals surface area (Å²) in [5, 5.41) is 10.3. The lowest BCUT2D eigenvalue weighted by molar-refractivity contribution is -0.222. The highest BCUT2D eigenvalue weighted by molar-refractivity contribution is 6.15. The third-order valence-electron chi connectivity index (χ3n) is 3.01. The molecule has 1 aliphatic rings. The summed E-state index contributed by atoms with van der Waals surface area (Å²) < 4.78 is 15.2. The van der Waals surface area contributed by atoms with Crippen LogP contribution < -0.4 is 5.32 Å². The van der Waals surface area contributed by atoms with Crippen molar-refractivity contribution in [3.8, 4) is 11.5 Å². The number of hydrogen-bond acceptors (Lipinski definition) is 8. The molecule has 3 rings (SSSR count). The molecule has 8 heteroatoms. The van der Waals surface area contributed by atoms with Crippen LogP contribution in [0.3, 0.4) is 0 Å². The van der Waals surface area contributed by atoms with Crippen LogP contribution in [0.1, 0.15) is 13.8 Å². The number of carbonyl (C=O) groups excluding carboxylic acids is 2. The molecular formula is C15H13N3O5. The Morgan fingerprint density at radius 1 is 1.13 bits per heavy atom. The van der Waals surface area contributed by atoms with E-state index in [1.54, 1.807) is 24.3 Å². The molecule has 0 spiro atoms. The summed E-state index contributed by atoms with van der Waals surface area (Å²) in [6, 6.07) is 7.07. The molecule has 2 aromatic rings. The van der Waals surface area contributed by atoms with E-state index in [2.05, 4.69) is 15.5 Å². The first-order chi connectivity index (χ1) is 11.0. The first kappa shape index (κ1) is 14.8. The molecule has 1 saturated heterocycles. The quantitative estimate of drug-likeness (QED) is 0.520. The Hall–Kier alpha value is -3.16. The maximum Gasteiger partial charge on any atom is 0.350 e. The fraction of sp³-hybridized carbons (Fsp3) is 0.200. The van der Waals surface area contributed by atoms with Gasteiger partial charge in [-0.2, -0.15) is 0 Å². The summed E-state index contributed by atoms with van der Waals surface area (Å²) in [5.74, 6) is -2.47. The predicted molar refractivity (Wildman–Crippen MR) is 77.7 cm³/mol. The zero-order valence-corrected chi connectivity index (χ0v) is 12.4. The summed E-state index contributed by atoms with van der Waals surface area (Å²) in [6.45, 7) is 2.97. The number of ether oxygens (including phenoxy) is 2. The number of nitrogens with one attached hydrogen (secondary N) is 1. The second-order valence-electron chi connectivity index (χ2n) is 5.17. The molecule has 8 nitrogen and oxygen atoms in total. The first-order valence-electron chi connectivity index (χ1n) is 6.75. The highest BCUT2D eigenvalue weighted by Gasteiger charge is 2.38. The minimum absolute atomic E-state index is 0.232. The van der Waals surface area contributed by atoms with Crippen LogP contribution in [-0.4, -0.2) is 27.9 Å². The molecule has 1 aromatic heterocycles. The van der Waals surface area contributed by atoms with Gasteiger partial charge in [-0.3, -0.25) is 0 Å². The third-order valence-corrected chi connectivity index (χ3v) is 3.01. The van der Waals surface area contributed by atoms with Crippen LogP contribution in [0.2, 0.25) is 0 Å². The molecule has 0 saturated carbocycles. The molecule has 1 fully saturated rings. The minimum Gasteiger partial charge on any atom is -0.423 e. The SMILES string of the molecule is CC1(C)OC(=O)C(=CNc2ccccc2-c2nnco2)C(=O)O1. The van der Waals surface area contributed by atoms with Crippen LogP contribution in [-0.2, 0) is 19.1 Å². The smallest absolute Gasteiger partial charge is 0.350 e. The van der Waals surface area contributed by atoms with Crippen LogP contribution in [0, 0.1) is 0 Å². The summed E-state index contributed by atoms with van der Waals surface area (Å²) >= 11 is 0. The van der Waals surface area contributed by atoms with Crippen LogP contribution in [0.25, 0.3) is 11.5 Å². The van der Waals surface area contributed by atoms with E-state index in [9.17, 15) is 9.59 Å². The molecule has 1 aromatic carbocycles. The number of esters is 2. The van der Waals surface area contributed by atoms with Gasteiger partial charge in [0.15, 0.2) is 5.57 Å². The maximum absolute atomic E-state index is 11.9. The Bertz CT molecular complexity index is 758. The minimum atomic E-state index is -1.27. The highest BCUT2D eigenvalue weighted by Crippen LogP contribution is 2.27. The second-order valence-corrected chi connectivity index (χ2v) is 5.17. The van der Waals surface area contributed by atoms with Gasteiger partial charge in [0.2, 0.25) is 12.3 Å². The van der Waals surface area contributed by atoms with Crippen molar-refractivity contribution in [1.82, 2.24) is 10.2 Å². The molecule has 0 atom stereocenters. The van der Waals surface area contributed by atoms with Crippen LogP contribution in [0.5, 0.6) is 0 Å². The van der Waals surface area contributed by atoms with Crippen molar-refractivity contribution in [3.05, 3.63) is 42.4 Å². The fourth-order valence-electron chi connectivity index (χ4n) is 2.01. The molecule has 1 N–H and O–H groups in total. The number of benzene rings is 1. The lowest BCUT2D eigenvalue weighted by Gasteiger charge is -2.29. The Kier molecular flexibility index (Phi) is 3.57. The van der Waals surface area contributed by atoms with Crippen molar-refractivity contribution in [2.75, 3.05) is 5.32 Å². The van der Waals surface area contributed by atoms with Gasteiger partial charge in [0.05, 0.1) is 11.3 Å². The Balaban J connectivity index is 1.86. The van der Waals surface area contributed by atoms with Crippen molar-refractivity contribution in [2.45, 2.75) is 19.6 Å². The van der Waals surface area contributed by atoms with E-state index < -0.39 is 17.7 Å². The standard InChI is InChI=1S/C15H13N3O5/c1-15(2)22-13(19)10(14(20)23-15)7-16-11-6-4-3-5-9(11)12-18-17-8-21-12/h3-8,16H,1-2H3. The fourth-order valence-corrected chi connectivity index (χ4v) is 2.01. The van der Waals surface area contributed by atoms with Gasteiger partial charge in [-0.05, 0) is 12.1 Å². The molecule has 0 bridgehead atoms. The second kappa shape index (κ2) is 5.56. The van der Waals surface area contributed by atoms with Crippen molar-refractivity contribution in [1.29, 1.82) is 0 Å². The van der Waals surface area contributed by atoms with E-state index in [1.165, 1.54) is 26.4 Å². The van der Waals surface area contributed by atoms with Gasteiger partial charge in [-0.25, -0.2) is 9.59 Å². The molecule has 0 unspecified atom stereocenters. The monoisotopic (exact) mass is 315 g/mol. The number of anilines is 1. The van der Waals surface area contributed by atoms with E-state index in [1.807, 2.05) is 0 Å². The Labute approximate surface area is 131 Å². The number of carbonyl (C=O) groups is 2. The van der Waals surface area contributed by atoms with Gasteiger partial charge in [0.1, 0.15) is 0 Å². The largest absolute Gasteiger partial charge is 0.423 e. The molecule has 23 heavy (non-hydrogen) atoms. The summed E-state index contributed by atoms with van der Waals surface area (Å²) in [7, 11) is 0. The van der Waals surface area contributed by atoms with Crippen molar-refractivity contribution in [2.24, 2.45) is 0 Å². The number of para-hydroxylation sites is 1. The van der Waals surface area contributed by atoms with E-state index in [0.717, 1.165) is 0 Å². The van der Waals surface area contributed by atoms with Crippen LogP contribution in [0.4, 0.5) is 5.69 Å². The number of cyclic esters (lactones) is 2. The zero-order chi connectivity index (χ0) is 16.4. The van der Waals surface area contributed by atoms with Crippen LogP contribution in [0.15, 0.2) is 46.8 Å². The maximum atomic E-state index is 11.9. The Morgan fingerprint density at radius 2 is 1.83 bits per heavy atom. The number of hydrogen-bond donors (Lipinski definition) is 1. The highest BCUT2D eigenvalue weighted by atomic mass is 16.7. The third kappa shape index (κ3) is 3.05. The lowest BCUT2D eigenvalue weighted by Crippen LogP contribution is -2.42. The van der Waals surface area contributed by atoms with Gasteiger partial charge in [0.25, 0.3) is 5.79 Å². The van der Waals surface area contributed by atoms with E-state index >= 15 is 0 Å². The van der Waals surface area contributed by atoms with Crippen molar-refractivity contribution < 1.29 is 23.5 Å². The average molecular weight is 315 g/mol. The molecule has 0 amide bonds. The van der Waals surface area contributed by atoms with Crippen LogP contribution >= 0.6 is 0 Å². The molecule has 1 aliphatic heterocycles. The summed E-state index contributed by atoms with van der Waals surface area (Å²) in [5.41, 5.74) is 0.971. The van der Waals surface area contributed by atoms with Gasteiger partial charge >= 0.3 is 11.9 Å². The van der Waals surface area contributed by atoms with E-state index in [0.29, 0.717) is 17.1 Å². The number of nitrogens with zero attached hydrogens (tertiary/aromatic N) is 2. The molecular weight excluding hydrogens is 302 g/mol. The first-order valence-corrected chi connectivity index (χ1v) is 6.75. The van der Waals surface area contributed by atoms with Crippen molar-refractivity contribution in [3.63, 3.8) is 0 Å². The van der Waals surface area contributed by atoms with Gasteiger partial charge in [-0.15, -0.1) is 10.2 Å². The lowest BCUT2D eigenvalue weighted by atomic mass is 10.1. The van der Waals surface area contributed by atoms with E-state index in [4.69, 9.17) is 13.9 Å². The summed E-state index contributed by atoms with van der Waals surface area (Å²) in [4.78, 5) is 23.8.